The van der Waals surface area contributed by atoms with Crippen LogP contribution in [0, 0.1) is 10.1 Å². The molecule has 10 nitrogen and oxygen atoms in total. The maximum absolute atomic E-state index is 12.8. The van der Waals surface area contributed by atoms with E-state index in [0.29, 0.717) is 36.2 Å². The highest BCUT2D eigenvalue weighted by Crippen LogP contribution is 2.12. The Balaban J connectivity index is 1.36. The fourth-order valence-electron chi connectivity index (χ4n) is 3.34. The van der Waals surface area contributed by atoms with Gasteiger partial charge in [-0.2, -0.15) is 5.10 Å². The first-order valence-corrected chi connectivity index (χ1v) is 9.96. The number of carbonyl (C=O) groups excluding carboxylic acids is 1. The molecule has 0 radical (unpaired) electrons. The Morgan fingerprint density at radius 1 is 1.06 bits per heavy atom. The molecule has 1 N–H and O–H groups in total. The molecule has 162 valence electrons. The van der Waals surface area contributed by atoms with Crippen LogP contribution in [0.2, 0.25) is 0 Å². The number of fused-ring (bicyclic) bond motifs is 1. The number of benzene rings is 2. The quantitative estimate of drug-likeness (QED) is 0.335. The molecule has 0 aliphatic rings. The van der Waals surface area contributed by atoms with E-state index in [9.17, 15) is 19.7 Å². The zero-order valence-electron chi connectivity index (χ0n) is 17.0. The number of aromatic nitrogens is 4. The third-order valence-electron chi connectivity index (χ3n) is 4.98. The van der Waals surface area contributed by atoms with Gasteiger partial charge in [0.1, 0.15) is 11.7 Å². The predicted octanol–water partition coefficient (Wildman–Crippen LogP) is 1.91. The summed E-state index contributed by atoms with van der Waals surface area (Å²) in [5.41, 5.74) is 1.95. The maximum Gasteiger partial charge on any atom is 0.269 e. The molecule has 0 saturated carbocycles. The van der Waals surface area contributed by atoms with Crippen molar-refractivity contribution in [3.63, 3.8) is 0 Å². The summed E-state index contributed by atoms with van der Waals surface area (Å²) >= 11 is 0. The average Bonchev–Trinajstić information content (AvgIpc) is 3.20. The van der Waals surface area contributed by atoms with Crippen molar-refractivity contribution in [2.45, 2.75) is 19.5 Å². The standard InChI is InChI=1S/C22H20N6O4/c29-20(12-16-6-8-18(9-7-16)28(31)32)23-10-11-27-21-19(13-25-27)22(30)26(15-24-21)14-17-4-2-1-3-5-17/h1-9,13,15H,10-12,14H2,(H,23,29). The third kappa shape index (κ3) is 4.69. The molecular weight excluding hydrogens is 412 g/mol. The van der Waals surface area contributed by atoms with E-state index in [1.807, 2.05) is 30.3 Å². The van der Waals surface area contributed by atoms with Crippen LogP contribution in [0.25, 0.3) is 11.0 Å². The topological polar surface area (TPSA) is 125 Å². The molecule has 0 aliphatic carbocycles. The molecule has 0 spiro atoms. The highest BCUT2D eigenvalue weighted by Gasteiger charge is 2.11. The molecule has 1 amide bonds. The molecule has 0 unspecified atom stereocenters. The lowest BCUT2D eigenvalue weighted by Crippen LogP contribution is -2.29. The summed E-state index contributed by atoms with van der Waals surface area (Å²) in [5, 5.41) is 18.1. The minimum absolute atomic E-state index is 0.0185. The van der Waals surface area contributed by atoms with Gasteiger partial charge in [-0.15, -0.1) is 0 Å². The van der Waals surface area contributed by atoms with Crippen LogP contribution in [0.1, 0.15) is 11.1 Å². The summed E-state index contributed by atoms with van der Waals surface area (Å²) in [6.07, 6.45) is 3.11. The molecule has 0 aliphatic heterocycles. The molecule has 2 heterocycles. The number of nitro benzene ring substituents is 1. The van der Waals surface area contributed by atoms with E-state index in [0.717, 1.165) is 5.56 Å². The van der Waals surface area contributed by atoms with E-state index in [-0.39, 0.29) is 23.6 Å². The van der Waals surface area contributed by atoms with Gasteiger partial charge < -0.3 is 5.32 Å². The molecule has 0 saturated heterocycles. The van der Waals surface area contributed by atoms with Crippen molar-refractivity contribution in [1.82, 2.24) is 24.6 Å². The second-order valence-electron chi connectivity index (χ2n) is 7.22. The molecule has 10 heteroatoms. The van der Waals surface area contributed by atoms with E-state index in [2.05, 4.69) is 15.4 Å². The van der Waals surface area contributed by atoms with Crippen molar-refractivity contribution in [1.29, 1.82) is 0 Å². The van der Waals surface area contributed by atoms with Crippen LogP contribution in [0.15, 0.2) is 71.9 Å². The third-order valence-corrected chi connectivity index (χ3v) is 4.98. The van der Waals surface area contributed by atoms with Crippen LogP contribution in [0.4, 0.5) is 5.69 Å². The molecule has 0 bridgehead atoms. The van der Waals surface area contributed by atoms with E-state index >= 15 is 0 Å². The second kappa shape index (κ2) is 9.21. The number of non-ortho nitro benzene ring substituents is 1. The summed E-state index contributed by atoms with van der Waals surface area (Å²) in [6.45, 7) is 1.08. The van der Waals surface area contributed by atoms with Crippen molar-refractivity contribution < 1.29 is 9.72 Å². The molecular formula is C22H20N6O4. The molecule has 2 aromatic carbocycles. The largest absolute Gasteiger partial charge is 0.354 e. The van der Waals surface area contributed by atoms with Crippen molar-refractivity contribution in [3.05, 3.63) is 98.7 Å². The van der Waals surface area contributed by atoms with Gasteiger partial charge >= 0.3 is 0 Å². The van der Waals surface area contributed by atoms with E-state index < -0.39 is 4.92 Å². The summed E-state index contributed by atoms with van der Waals surface area (Å²) in [7, 11) is 0. The van der Waals surface area contributed by atoms with Crippen molar-refractivity contribution in [3.8, 4) is 0 Å². The van der Waals surface area contributed by atoms with Gasteiger partial charge in [-0.1, -0.05) is 42.5 Å². The summed E-state index contributed by atoms with van der Waals surface area (Å²) in [6, 6.07) is 15.5. The fourth-order valence-corrected chi connectivity index (χ4v) is 3.34. The van der Waals surface area contributed by atoms with E-state index in [4.69, 9.17) is 0 Å². The lowest BCUT2D eigenvalue weighted by molar-refractivity contribution is -0.384. The van der Waals surface area contributed by atoms with Crippen molar-refractivity contribution in [2.75, 3.05) is 6.54 Å². The fraction of sp³-hybridized carbons (Fsp3) is 0.182. The zero-order chi connectivity index (χ0) is 22.5. The Morgan fingerprint density at radius 3 is 2.53 bits per heavy atom. The van der Waals surface area contributed by atoms with Gasteiger partial charge in [0.2, 0.25) is 5.91 Å². The molecule has 32 heavy (non-hydrogen) atoms. The normalized spacial score (nSPS) is 10.9. The lowest BCUT2D eigenvalue weighted by atomic mass is 10.1. The molecule has 0 fully saturated rings. The predicted molar refractivity (Wildman–Crippen MR) is 117 cm³/mol. The van der Waals surface area contributed by atoms with E-state index in [1.54, 1.807) is 16.8 Å². The van der Waals surface area contributed by atoms with Crippen LogP contribution in [-0.4, -0.2) is 36.7 Å². The molecule has 0 atom stereocenters. The van der Waals surface area contributed by atoms with Gasteiger partial charge in [-0.3, -0.25) is 24.3 Å². The number of hydrogen-bond acceptors (Lipinski definition) is 6. The Labute approximate surface area is 182 Å². The van der Waals surface area contributed by atoms with Crippen molar-refractivity contribution >= 4 is 22.6 Å². The highest BCUT2D eigenvalue weighted by molar-refractivity contribution is 5.78. The van der Waals surface area contributed by atoms with Crippen LogP contribution < -0.4 is 10.9 Å². The lowest BCUT2D eigenvalue weighted by Gasteiger charge is -2.08. The highest BCUT2D eigenvalue weighted by atomic mass is 16.6. The minimum Gasteiger partial charge on any atom is -0.354 e. The first kappa shape index (κ1) is 20.9. The summed E-state index contributed by atoms with van der Waals surface area (Å²) < 4.78 is 3.12. The summed E-state index contributed by atoms with van der Waals surface area (Å²) in [4.78, 5) is 39.5. The van der Waals surface area contributed by atoms with Crippen LogP contribution >= 0.6 is 0 Å². The average molecular weight is 432 g/mol. The smallest absolute Gasteiger partial charge is 0.269 e. The number of carbonyl (C=O) groups is 1. The first-order chi connectivity index (χ1) is 15.5. The number of amides is 1. The number of nitrogens with zero attached hydrogens (tertiary/aromatic N) is 5. The molecule has 2 aromatic heterocycles. The molecule has 4 aromatic rings. The first-order valence-electron chi connectivity index (χ1n) is 9.96. The number of rotatable bonds is 8. The van der Waals surface area contributed by atoms with Crippen LogP contribution in [0.3, 0.4) is 0 Å². The molecule has 4 rings (SSSR count). The SMILES string of the molecule is O=C(Cc1ccc([N+](=O)[O-])cc1)NCCn1ncc2c(=O)n(Cc3ccccc3)cnc21. The monoisotopic (exact) mass is 432 g/mol. The Bertz CT molecular complexity index is 1310. The number of hydrogen-bond donors (Lipinski definition) is 1. The number of nitro groups is 1. The maximum atomic E-state index is 12.8. The van der Waals surface area contributed by atoms with Gasteiger partial charge in [0.25, 0.3) is 11.2 Å². The van der Waals surface area contributed by atoms with Gasteiger partial charge in [-0.05, 0) is 11.1 Å². The zero-order valence-corrected chi connectivity index (χ0v) is 17.0. The number of nitrogens with one attached hydrogen (secondary N) is 1. The Kier molecular flexibility index (Phi) is 6.02. The minimum atomic E-state index is -0.483. The van der Waals surface area contributed by atoms with Gasteiger partial charge in [0, 0.05) is 18.7 Å². The summed E-state index contributed by atoms with van der Waals surface area (Å²) in [5.74, 6) is -0.214. The Morgan fingerprint density at radius 2 is 1.81 bits per heavy atom. The Hall–Kier alpha value is -4.34. The second-order valence-corrected chi connectivity index (χ2v) is 7.22. The van der Waals surface area contributed by atoms with Crippen LogP contribution in [0.5, 0.6) is 0 Å². The van der Waals surface area contributed by atoms with Gasteiger partial charge in [-0.25, -0.2) is 9.67 Å². The van der Waals surface area contributed by atoms with Gasteiger partial charge in [0.05, 0.1) is 30.6 Å². The van der Waals surface area contributed by atoms with Crippen molar-refractivity contribution in [2.24, 2.45) is 0 Å². The van der Waals surface area contributed by atoms with E-state index in [1.165, 1.54) is 29.2 Å². The van der Waals surface area contributed by atoms with Crippen LogP contribution in [-0.2, 0) is 24.3 Å². The van der Waals surface area contributed by atoms with Gasteiger partial charge in [0.15, 0.2) is 5.65 Å².